The van der Waals surface area contributed by atoms with Crippen LogP contribution >= 0.6 is 0 Å². The van der Waals surface area contributed by atoms with Crippen LogP contribution in [0.3, 0.4) is 0 Å². The Hall–Kier alpha value is -2.28. The zero-order valence-corrected chi connectivity index (χ0v) is 17.1. The van der Waals surface area contributed by atoms with Crippen LogP contribution < -0.4 is 20.1 Å². The zero-order chi connectivity index (χ0) is 20.2. The third-order valence-corrected chi connectivity index (χ3v) is 4.80. The number of ether oxygens (including phenoxy) is 2. The summed E-state index contributed by atoms with van der Waals surface area (Å²) in [6, 6.07) is 3.56. The number of rotatable bonds is 5. The van der Waals surface area contributed by atoms with E-state index in [1.165, 1.54) is 14.2 Å². The molecule has 0 radical (unpaired) electrons. The van der Waals surface area contributed by atoms with Crippen LogP contribution in [0.5, 0.6) is 11.5 Å². The first-order valence-corrected chi connectivity index (χ1v) is 9.25. The molecule has 0 aromatic heterocycles. The fraction of sp³-hybridized carbons (Fsp3) is 0.600. The lowest BCUT2D eigenvalue weighted by Crippen LogP contribution is -2.47. The Balaban J connectivity index is 2.42. The Morgan fingerprint density at radius 3 is 2.33 bits per heavy atom. The summed E-state index contributed by atoms with van der Waals surface area (Å²) >= 11 is 0. The van der Waals surface area contributed by atoms with Crippen molar-refractivity contribution in [1.82, 2.24) is 10.2 Å². The smallest absolute Gasteiger partial charge is 0.256 e. The van der Waals surface area contributed by atoms with E-state index in [0.717, 1.165) is 12.8 Å². The van der Waals surface area contributed by atoms with Gasteiger partial charge in [-0.05, 0) is 26.0 Å². The molecule has 27 heavy (non-hydrogen) atoms. The molecule has 150 valence electrons. The first kappa shape index (κ1) is 21.0. The van der Waals surface area contributed by atoms with Crippen LogP contribution in [0.4, 0.5) is 5.69 Å². The molecule has 1 fully saturated rings. The number of anilines is 1. The fourth-order valence-corrected chi connectivity index (χ4v) is 3.04. The SMILES string of the molecule is CNC1CCCN(C(=O)c2cc(OC)c(OC)cc2NC(=O)C(C)(C)C)C1. The molecule has 1 atom stereocenters. The molecule has 1 aromatic carbocycles. The van der Waals surface area contributed by atoms with Gasteiger partial charge in [0.2, 0.25) is 5.91 Å². The van der Waals surface area contributed by atoms with Crippen LogP contribution in [0, 0.1) is 5.41 Å². The molecule has 2 amide bonds. The lowest BCUT2D eigenvalue weighted by atomic mass is 9.95. The van der Waals surface area contributed by atoms with Gasteiger partial charge in [-0.1, -0.05) is 20.8 Å². The number of piperidine rings is 1. The summed E-state index contributed by atoms with van der Waals surface area (Å²) in [6.07, 6.45) is 1.98. The van der Waals surface area contributed by atoms with Crippen LogP contribution in [-0.4, -0.2) is 57.1 Å². The van der Waals surface area contributed by atoms with Crippen LogP contribution in [0.2, 0.25) is 0 Å². The maximum absolute atomic E-state index is 13.2. The molecular formula is C20H31N3O4. The highest BCUT2D eigenvalue weighted by atomic mass is 16.5. The van der Waals surface area contributed by atoms with Crippen LogP contribution in [0.1, 0.15) is 44.0 Å². The molecule has 7 heteroatoms. The van der Waals surface area contributed by atoms with Crippen molar-refractivity contribution < 1.29 is 19.1 Å². The largest absolute Gasteiger partial charge is 0.493 e. The topological polar surface area (TPSA) is 79.9 Å². The number of hydrogen-bond acceptors (Lipinski definition) is 5. The van der Waals surface area contributed by atoms with E-state index in [1.807, 2.05) is 32.7 Å². The van der Waals surface area contributed by atoms with Gasteiger partial charge in [-0.15, -0.1) is 0 Å². The lowest BCUT2D eigenvalue weighted by Gasteiger charge is -2.33. The Kier molecular flexibility index (Phi) is 6.70. The quantitative estimate of drug-likeness (QED) is 0.824. The highest BCUT2D eigenvalue weighted by Gasteiger charge is 2.29. The number of hydrogen-bond donors (Lipinski definition) is 2. The number of nitrogens with one attached hydrogen (secondary N) is 2. The summed E-state index contributed by atoms with van der Waals surface area (Å²) in [5.74, 6) is 0.623. The number of methoxy groups -OCH3 is 2. The molecule has 2 rings (SSSR count). The number of carbonyl (C=O) groups is 2. The van der Waals surface area contributed by atoms with Crippen LogP contribution in [0.15, 0.2) is 12.1 Å². The summed E-state index contributed by atoms with van der Waals surface area (Å²) < 4.78 is 10.7. The summed E-state index contributed by atoms with van der Waals surface area (Å²) in [4.78, 5) is 27.6. The maximum Gasteiger partial charge on any atom is 0.256 e. The van der Waals surface area contributed by atoms with Gasteiger partial charge in [0.1, 0.15) is 0 Å². The maximum atomic E-state index is 13.2. The van der Waals surface area contributed by atoms with Crippen molar-refractivity contribution in [3.63, 3.8) is 0 Å². The molecule has 0 bridgehead atoms. The minimum absolute atomic E-state index is 0.125. The Morgan fingerprint density at radius 2 is 1.78 bits per heavy atom. The Morgan fingerprint density at radius 1 is 1.15 bits per heavy atom. The van der Waals surface area contributed by atoms with Crippen molar-refractivity contribution in [2.24, 2.45) is 5.41 Å². The first-order chi connectivity index (χ1) is 12.7. The standard InChI is InChI=1S/C20H31N3O4/c1-20(2,3)19(25)22-15-11-17(27-6)16(26-5)10-14(15)18(24)23-9-7-8-13(12-23)21-4/h10-11,13,21H,7-9,12H2,1-6H3,(H,22,25). The third kappa shape index (κ3) is 4.91. The molecule has 0 aliphatic carbocycles. The van der Waals surface area contributed by atoms with Gasteiger partial charge in [0.25, 0.3) is 5.91 Å². The van der Waals surface area contributed by atoms with E-state index in [2.05, 4.69) is 10.6 Å². The summed E-state index contributed by atoms with van der Waals surface area (Å²) in [5.41, 5.74) is 0.252. The number of amides is 2. The van der Waals surface area contributed by atoms with Crippen molar-refractivity contribution >= 4 is 17.5 Å². The van der Waals surface area contributed by atoms with Gasteiger partial charge in [-0.3, -0.25) is 9.59 Å². The van der Waals surface area contributed by atoms with Crippen molar-refractivity contribution in [2.45, 2.75) is 39.7 Å². The molecule has 1 aliphatic rings. The molecule has 1 unspecified atom stereocenters. The highest BCUT2D eigenvalue weighted by molar-refractivity contribution is 6.05. The average molecular weight is 377 g/mol. The molecule has 1 saturated heterocycles. The van der Waals surface area contributed by atoms with E-state index < -0.39 is 5.41 Å². The van der Waals surface area contributed by atoms with Crippen molar-refractivity contribution in [3.8, 4) is 11.5 Å². The van der Waals surface area contributed by atoms with E-state index >= 15 is 0 Å². The van der Waals surface area contributed by atoms with E-state index in [1.54, 1.807) is 12.1 Å². The number of carbonyl (C=O) groups excluding carboxylic acids is 2. The molecule has 1 aliphatic heterocycles. The van der Waals surface area contributed by atoms with Gasteiger partial charge < -0.3 is 25.0 Å². The normalized spacial score (nSPS) is 17.4. The second-order valence-electron chi connectivity index (χ2n) is 7.84. The van der Waals surface area contributed by atoms with Gasteiger partial charge in [0, 0.05) is 30.6 Å². The number of likely N-dealkylation sites (N-methyl/N-ethyl adjacent to an activating group) is 1. The second kappa shape index (κ2) is 8.61. The highest BCUT2D eigenvalue weighted by Crippen LogP contribution is 2.35. The zero-order valence-electron chi connectivity index (χ0n) is 17.1. The minimum atomic E-state index is -0.587. The molecular weight excluding hydrogens is 346 g/mol. The first-order valence-electron chi connectivity index (χ1n) is 9.25. The van der Waals surface area contributed by atoms with E-state index in [9.17, 15) is 9.59 Å². The van der Waals surface area contributed by atoms with Crippen LogP contribution in [-0.2, 0) is 4.79 Å². The van der Waals surface area contributed by atoms with Gasteiger partial charge in [-0.25, -0.2) is 0 Å². The van der Waals surface area contributed by atoms with Crippen LogP contribution in [0.25, 0.3) is 0 Å². The van der Waals surface area contributed by atoms with Gasteiger partial charge >= 0.3 is 0 Å². The average Bonchev–Trinajstić information content (AvgIpc) is 2.66. The Labute approximate surface area is 161 Å². The Bertz CT molecular complexity index is 697. The van der Waals surface area contributed by atoms with Gasteiger partial charge in [0.05, 0.1) is 25.5 Å². The molecule has 2 N–H and O–H groups in total. The fourth-order valence-electron chi connectivity index (χ4n) is 3.04. The third-order valence-electron chi connectivity index (χ3n) is 4.80. The number of nitrogens with zero attached hydrogens (tertiary/aromatic N) is 1. The monoisotopic (exact) mass is 377 g/mol. The predicted molar refractivity (Wildman–Crippen MR) is 106 cm³/mol. The van der Waals surface area contributed by atoms with Crippen molar-refractivity contribution in [1.29, 1.82) is 0 Å². The molecule has 1 heterocycles. The van der Waals surface area contributed by atoms with Gasteiger partial charge in [-0.2, -0.15) is 0 Å². The summed E-state index contributed by atoms with van der Waals surface area (Å²) in [7, 11) is 4.96. The van der Waals surface area contributed by atoms with E-state index in [4.69, 9.17) is 9.47 Å². The molecule has 7 nitrogen and oxygen atoms in total. The van der Waals surface area contributed by atoms with E-state index in [0.29, 0.717) is 35.8 Å². The number of likely N-dealkylation sites (tertiary alicyclic amines) is 1. The summed E-state index contributed by atoms with van der Waals surface area (Å²) in [5, 5.41) is 6.12. The minimum Gasteiger partial charge on any atom is -0.493 e. The van der Waals surface area contributed by atoms with Crippen molar-refractivity contribution in [3.05, 3.63) is 17.7 Å². The molecule has 0 spiro atoms. The van der Waals surface area contributed by atoms with E-state index in [-0.39, 0.29) is 17.9 Å². The molecule has 0 saturated carbocycles. The molecule has 1 aromatic rings. The predicted octanol–water partition coefficient (Wildman–Crippen LogP) is 2.51. The second-order valence-corrected chi connectivity index (χ2v) is 7.84. The van der Waals surface area contributed by atoms with Gasteiger partial charge in [0.15, 0.2) is 11.5 Å². The summed E-state index contributed by atoms with van der Waals surface area (Å²) in [6.45, 7) is 6.81. The van der Waals surface area contributed by atoms with Crippen molar-refractivity contribution in [2.75, 3.05) is 39.7 Å². The number of benzene rings is 1. The lowest BCUT2D eigenvalue weighted by molar-refractivity contribution is -0.123.